The molecule has 2 aromatic rings. The number of primary amides is 1. The van der Waals surface area contributed by atoms with E-state index in [2.05, 4.69) is 38.4 Å². The molecule has 16 nitrogen and oxygen atoms in total. The second-order valence-electron chi connectivity index (χ2n) is 16.4. The van der Waals surface area contributed by atoms with E-state index in [1.807, 2.05) is 48.5 Å². The molecule has 1 heterocycles. The van der Waals surface area contributed by atoms with Gasteiger partial charge in [0.15, 0.2) is 0 Å². The molecule has 16 heteroatoms. The fraction of sp³-hybridized carbons (Fsp3) is 0.523. The smallest absolute Gasteiger partial charge is 0.243 e. The lowest BCUT2D eigenvalue weighted by Gasteiger charge is -2.69. The van der Waals surface area contributed by atoms with Crippen molar-refractivity contribution in [2.24, 2.45) is 28.2 Å². The van der Waals surface area contributed by atoms with Crippen molar-refractivity contribution in [3.05, 3.63) is 65.2 Å². The van der Waals surface area contributed by atoms with Crippen LogP contribution in [0.5, 0.6) is 0 Å². The van der Waals surface area contributed by atoms with E-state index in [0.717, 1.165) is 22.4 Å². The van der Waals surface area contributed by atoms with E-state index in [4.69, 9.17) is 16.2 Å². The molecular weight excluding hydrogens is 769 g/mol. The molecule has 2 aromatic carbocycles. The first kappa shape index (κ1) is 45.3. The Bertz CT molecular complexity index is 1970. The van der Waals surface area contributed by atoms with E-state index in [1.54, 1.807) is 18.7 Å². The van der Waals surface area contributed by atoms with Gasteiger partial charge in [0.25, 0.3) is 0 Å². The van der Waals surface area contributed by atoms with Crippen molar-refractivity contribution in [2.75, 3.05) is 44.3 Å². The lowest BCUT2D eigenvalue weighted by Crippen LogP contribution is -2.70. The van der Waals surface area contributed by atoms with Crippen molar-refractivity contribution < 1.29 is 38.3 Å². The molecule has 0 unspecified atom stereocenters. The Morgan fingerprint density at radius 1 is 0.800 bits per heavy atom. The molecule has 60 heavy (non-hydrogen) atoms. The number of hydrogen-bond donors (Lipinski definition) is 7. The second-order valence-corrected chi connectivity index (χ2v) is 16.4. The summed E-state index contributed by atoms with van der Waals surface area (Å²) < 4.78 is 5.53. The zero-order chi connectivity index (χ0) is 43.3. The summed E-state index contributed by atoms with van der Waals surface area (Å²) >= 11 is 0. The molecule has 0 saturated heterocycles. The highest BCUT2D eigenvalue weighted by Gasteiger charge is 2.71. The number of ether oxygens (including phenoxy) is 1. The molecule has 9 N–H and O–H groups in total. The monoisotopic (exact) mass is 826 g/mol. The SMILES string of the molecule is CC(C)[C@H](NC(=O)CCOCCC(=O)NCC12CC(C(=O)NCCC(=O)N3Cc4ccccc4C#Cc4ccccc43)(C1)C2)C(=O)N[C@@H](CCCCN)C(=O)NCC(N)=O. The van der Waals surface area contributed by atoms with Crippen LogP contribution in [0.4, 0.5) is 5.69 Å². The number of anilines is 1. The first-order valence-electron chi connectivity index (χ1n) is 20.7. The van der Waals surface area contributed by atoms with Gasteiger partial charge in [0, 0.05) is 43.5 Å². The molecule has 2 atom stereocenters. The standard InChI is InChI=1S/C44H58N8O8/c1-29(2)39(41(58)50-33(12-7-8-19-45)40(57)48-23-35(46)53)51-37(55)18-22-60-21-17-36(54)49-28-43-25-44(26-43,27-43)42(59)47-20-16-38(56)52-24-32-11-4-3-9-30(32)14-15-31-10-5-6-13-34(31)52/h3-6,9-11,13,29,33,39H,7-8,12,16-28,45H2,1-2H3,(H2,46,53)(H,47,59)(H,48,57)(H,49,54)(H,50,58)(H,51,55)/t33-,39-,43?,44?/m0/s1. The summed E-state index contributed by atoms with van der Waals surface area (Å²) in [5.41, 5.74) is 13.5. The fourth-order valence-corrected chi connectivity index (χ4v) is 8.15. The molecule has 322 valence electrons. The van der Waals surface area contributed by atoms with Gasteiger partial charge in [-0.15, -0.1) is 0 Å². The fourth-order valence-electron chi connectivity index (χ4n) is 8.15. The quantitative estimate of drug-likeness (QED) is 0.0621. The van der Waals surface area contributed by atoms with E-state index < -0.39 is 41.1 Å². The Hall–Kier alpha value is -5.79. The summed E-state index contributed by atoms with van der Waals surface area (Å²) in [6.07, 6.45) is 3.71. The summed E-state index contributed by atoms with van der Waals surface area (Å²) in [6, 6.07) is 13.5. The van der Waals surface area contributed by atoms with Crippen LogP contribution in [-0.2, 0) is 44.8 Å². The van der Waals surface area contributed by atoms with Crippen molar-refractivity contribution >= 4 is 47.0 Å². The van der Waals surface area contributed by atoms with Crippen LogP contribution in [0.15, 0.2) is 48.5 Å². The van der Waals surface area contributed by atoms with E-state index in [0.29, 0.717) is 58.2 Å². The number of nitrogens with two attached hydrogens (primary N) is 2. The topological polar surface area (TPSA) is 244 Å². The van der Waals surface area contributed by atoms with Crippen molar-refractivity contribution in [1.82, 2.24) is 26.6 Å². The highest BCUT2D eigenvalue weighted by Crippen LogP contribution is 2.73. The van der Waals surface area contributed by atoms with Gasteiger partial charge in [0.2, 0.25) is 41.4 Å². The van der Waals surface area contributed by atoms with Crippen LogP contribution in [0.2, 0.25) is 0 Å². The summed E-state index contributed by atoms with van der Waals surface area (Å²) in [5.74, 6) is 3.52. The lowest BCUT2D eigenvalue weighted by atomic mass is 9.35. The van der Waals surface area contributed by atoms with Gasteiger partial charge in [-0.25, -0.2) is 0 Å². The maximum Gasteiger partial charge on any atom is 0.243 e. The van der Waals surface area contributed by atoms with Crippen molar-refractivity contribution in [3.8, 4) is 11.8 Å². The van der Waals surface area contributed by atoms with Crippen molar-refractivity contribution in [1.29, 1.82) is 0 Å². The van der Waals surface area contributed by atoms with Crippen LogP contribution in [0.1, 0.15) is 88.3 Å². The average molecular weight is 827 g/mol. The largest absolute Gasteiger partial charge is 0.380 e. The zero-order valence-corrected chi connectivity index (χ0v) is 34.5. The molecule has 4 aliphatic rings. The minimum Gasteiger partial charge on any atom is -0.380 e. The Kier molecular flexibility index (Phi) is 15.8. The van der Waals surface area contributed by atoms with Gasteiger partial charge >= 0.3 is 0 Å². The third-order valence-electron chi connectivity index (χ3n) is 11.3. The third-order valence-corrected chi connectivity index (χ3v) is 11.3. The van der Waals surface area contributed by atoms with Gasteiger partial charge in [-0.1, -0.05) is 56.0 Å². The summed E-state index contributed by atoms with van der Waals surface area (Å²) in [4.78, 5) is 90.6. The zero-order valence-electron chi connectivity index (χ0n) is 34.5. The van der Waals surface area contributed by atoms with Gasteiger partial charge in [-0.3, -0.25) is 33.6 Å². The molecule has 3 aliphatic carbocycles. The van der Waals surface area contributed by atoms with Crippen LogP contribution >= 0.6 is 0 Å². The number of carbonyl (C=O) groups excluding carboxylic acids is 7. The van der Waals surface area contributed by atoms with Crippen molar-refractivity contribution in [2.45, 2.75) is 90.3 Å². The van der Waals surface area contributed by atoms with Crippen LogP contribution in [0, 0.1) is 28.6 Å². The highest BCUT2D eigenvalue weighted by atomic mass is 16.5. The molecule has 7 amide bonds. The van der Waals surface area contributed by atoms with Crippen molar-refractivity contribution in [3.63, 3.8) is 0 Å². The molecule has 0 spiro atoms. The molecular formula is C44H58N8O8. The Morgan fingerprint density at radius 3 is 2.17 bits per heavy atom. The maximum absolute atomic E-state index is 13.5. The molecule has 1 aliphatic heterocycles. The predicted octanol–water partition coefficient (Wildman–Crippen LogP) is 0.879. The number of nitrogens with zero attached hydrogens (tertiary/aromatic N) is 1. The van der Waals surface area contributed by atoms with E-state index in [1.165, 1.54) is 0 Å². The first-order valence-corrected chi connectivity index (χ1v) is 20.7. The highest BCUT2D eigenvalue weighted by molar-refractivity contribution is 5.96. The van der Waals surface area contributed by atoms with Crippen LogP contribution < -0.4 is 43.0 Å². The number of unbranched alkanes of at least 4 members (excludes halogenated alkanes) is 1. The van der Waals surface area contributed by atoms with Gasteiger partial charge in [-0.05, 0) is 80.2 Å². The number of carbonyl (C=O) groups is 7. The molecule has 3 saturated carbocycles. The summed E-state index contributed by atoms with van der Waals surface area (Å²) in [7, 11) is 0. The Morgan fingerprint density at radius 2 is 1.47 bits per heavy atom. The average Bonchev–Trinajstić information content (AvgIpc) is 3.18. The number of hydrogen-bond acceptors (Lipinski definition) is 9. The van der Waals surface area contributed by atoms with Gasteiger partial charge in [-0.2, -0.15) is 0 Å². The number of rotatable bonds is 23. The maximum atomic E-state index is 13.5. The number of fused-ring (bicyclic) bond motifs is 2. The van der Waals surface area contributed by atoms with Crippen LogP contribution in [0.25, 0.3) is 0 Å². The third kappa shape index (κ3) is 11.9. The number of benzene rings is 2. The van der Waals surface area contributed by atoms with E-state index in [9.17, 15) is 33.6 Å². The minimum absolute atomic E-state index is 0.0317. The molecule has 3 fully saturated rings. The first-order chi connectivity index (χ1) is 28.7. The Labute approximate surface area is 351 Å². The summed E-state index contributed by atoms with van der Waals surface area (Å²) in [6.45, 7) is 4.77. The minimum atomic E-state index is -0.935. The van der Waals surface area contributed by atoms with Crippen LogP contribution in [0.3, 0.4) is 0 Å². The summed E-state index contributed by atoms with van der Waals surface area (Å²) in [5, 5.41) is 13.7. The van der Waals surface area contributed by atoms with Gasteiger partial charge in [0.1, 0.15) is 12.1 Å². The molecule has 6 rings (SSSR count). The second kappa shape index (κ2) is 20.9. The number of para-hydroxylation sites is 1. The Balaban J connectivity index is 0.955. The van der Waals surface area contributed by atoms with E-state index >= 15 is 0 Å². The molecule has 0 aromatic heterocycles. The number of amides is 7. The molecule has 0 radical (unpaired) electrons. The van der Waals surface area contributed by atoms with Crippen LogP contribution in [-0.4, -0.2) is 92.8 Å². The normalized spacial score (nSPS) is 19.2. The van der Waals surface area contributed by atoms with Gasteiger partial charge in [0.05, 0.1) is 37.4 Å². The van der Waals surface area contributed by atoms with E-state index in [-0.39, 0.29) is 74.6 Å². The van der Waals surface area contributed by atoms with Gasteiger partial charge < -0.3 is 47.7 Å². The predicted molar refractivity (Wildman–Crippen MR) is 223 cm³/mol. The molecule has 2 bridgehead atoms. The lowest BCUT2D eigenvalue weighted by molar-refractivity contribution is -0.205. The number of nitrogens with one attached hydrogen (secondary N) is 5.